The summed E-state index contributed by atoms with van der Waals surface area (Å²) in [5, 5.41) is 26.8. The number of ether oxygens (including phenoxy) is 1. The highest BCUT2D eigenvalue weighted by atomic mass is 19.4. The van der Waals surface area contributed by atoms with Gasteiger partial charge in [0.05, 0.1) is 71.4 Å². The number of anilines is 1. The number of piperidine rings is 1. The molecule has 41 heavy (non-hydrogen) atoms. The number of nitrogens with zero attached hydrogens (tertiary/aromatic N) is 6. The molecule has 4 heterocycles. The van der Waals surface area contributed by atoms with Crippen molar-refractivity contribution in [2.45, 2.75) is 31.7 Å². The lowest BCUT2D eigenvalue weighted by atomic mass is 10.00. The highest BCUT2D eigenvalue weighted by Gasteiger charge is 2.37. The predicted molar refractivity (Wildman–Crippen MR) is 138 cm³/mol. The molecule has 5 rings (SSSR count). The Labute approximate surface area is 230 Å². The van der Waals surface area contributed by atoms with Crippen LogP contribution in [0.4, 0.5) is 23.4 Å². The molecule has 0 bridgehead atoms. The summed E-state index contributed by atoms with van der Waals surface area (Å²) in [5.41, 5.74) is -0.190. The lowest BCUT2D eigenvalue weighted by Gasteiger charge is -2.36. The quantitative estimate of drug-likeness (QED) is 0.337. The topological polar surface area (TPSA) is 129 Å². The monoisotopic (exact) mass is 569 g/mol. The third kappa shape index (κ3) is 5.62. The molecule has 1 aliphatic heterocycles. The van der Waals surface area contributed by atoms with Crippen LogP contribution in [-0.2, 0) is 6.18 Å². The number of hydrogen-bond acceptors (Lipinski definition) is 8. The molecule has 4 aromatic rings. The molecule has 1 saturated heterocycles. The van der Waals surface area contributed by atoms with E-state index in [9.17, 15) is 32.7 Å². The highest BCUT2D eigenvalue weighted by Crippen LogP contribution is 2.33. The van der Waals surface area contributed by atoms with E-state index >= 15 is 0 Å². The van der Waals surface area contributed by atoms with Crippen LogP contribution < -0.4 is 15.0 Å². The fraction of sp³-hybridized carbons (Fsp3) is 0.296. The normalized spacial score (nSPS) is 17.3. The number of benzene rings is 1. The number of fused-ring (bicyclic) bond motifs is 1. The Kier molecular flexibility index (Phi) is 7.46. The number of halogens is 4. The zero-order valence-electron chi connectivity index (χ0n) is 21.6. The van der Waals surface area contributed by atoms with Crippen LogP contribution in [0.2, 0.25) is 0 Å². The van der Waals surface area contributed by atoms with Gasteiger partial charge in [0, 0.05) is 18.7 Å². The Bertz CT molecular complexity index is 1630. The van der Waals surface area contributed by atoms with E-state index in [1.807, 2.05) is 6.92 Å². The first-order chi connectivity index (χ1) is 19.6. The van der Waals surface area contributed by atoms with Gasteiger partial charge >= 0.3 is 6.18 Å². The van der Waals surface area contributed by atoms with Crippen molar-refractivity contribution in [1.29, 1.82) is 5.26 Å². The summed E-state index contributed by atoms with van der Waals surface area (Å²) in [6, 6.07) is 4.66. The number of pyridine rings is 1. The van der Waals surface area contributed by atoms with Gasteiger partial charge in [-0.15, -0.1) is 0 Å². The average Bonchev–Trinajstić information content (AvgIpc) is 3.36. The van der Waals surface area contributed by atoms with Crippen LogP contribution in [0.5, 0.6) is 5.75 Å². The van der Waals surface area contributed by atoms with Crippen molar-refractivity contribution in [3.05, 3.63) is 71.6 Å². The van der Waals surface area contributed by atoms with Gasteiger partial charge < -0.3 is 20.1 Å². The van der Waals surface area contributed by atoms with Crippen molar-refractivity contribution in [3.63, 3.8) is 0 Å². The van der Waals surface area contributed by atoms with Crippen molar-refractivity contribution in [3.8, 4) is 23.1 Å². The summed E-state index contributed by atoms with van der Waals surface area (Å²) in [6.07, 6.45) is 0.298. The Balaban J connectivity index is 1.31. The van der Waals surface area contributed by atoms with Gasteiger partial charge in [-0.25, -0.2) is 13.9 Å². The van der Waals surface area contributed by atoms with E-state index < -0.39 is 41.2 Å². The summed E-state index contributed by atoms with van der Waals surface area (Å²) in [6.45, 7) is 2.58. The van der Waals surface area contributed by atoms with Crippen LogP contribution in [0, 0.1) is 17.1 Å². The van der Waals surface area contributed by atoms with Crippen molar-refractivity contribution >= 4 is 17.2 Å². The minimum atomic E-state index is -4.85. The number of alkyl halides is 3. The van der Waals surface area contributed by atoms with Gasteiger partial charge in [0.2, 0.25) is 0 Å². The number of β-amino-alcohol motifs (C(OH)–C–C–N with tert-alkyl or cyclic N) is 1. The maximum Gasteiger partial charge on any atom is 0.417 e. The lowest BCUT2D eigenvalue weighted by molar-refractivity contribution is -0.138. The standard InChI is InChI=1S/C27H23F4N7O3/c1-2-41-17-8-19(25-15(9-32)10-35-38(25)13-17)22-11-34-24(12-33-22)37-6-5-21(23(39)14-37)36-26(40)18-7-16(28)3-4-20(18)27(29,30)31/h3-4,7-8,10-13,21,23,39H,2,5-6,14H2,1H3,(H,36,40)/t21-,23-/m0/s1. The molecule has 212 valence electrons. The van der Waals surface area contributed by atoms with E-state index in [1.54, 1.807) is 17.2 Å². The highest BCUT2D eigenvalue weighted by molar-refractivity contribution is 5.96. The van der Waals surface area contributed by atoms with Crippen LogP contribution in [0.25, 0.3) is 16.8 Å². The zero-order chi connectivity index (χ0) is 29.3. The summed E-state index contributed by atoms with van der Waals surface area (Å²) < 4.78 is 60.8. The fourth-order valence-electron chi connectivity index (χ4n) is 4.75. The predicted octanol–water partition coefficient (Wildman–Crippen LogP) is 3.59. The fourth-order valence-corrected chi connectivity index (χ4v) is 4.75. The summed E-state index contributed by atoms with van der Waals surface area (Å²) in [4.78, 5) is 23.3. The van der Waals surface area contributed by atoms with Gasteiger partial charge in [-0.3, -0.25) is 9.78 Å². The largest absolute Gasteiger partial charge is 0.492 e. The van der Waals surface area contributed by atoms with Gasteiger partial charge in [-0.1, -0.05) is 0 Å². The van der Waals surface area contributed by atoms with Gasteiger partial charge in [0.1, 0.15) is 23.5 Å². The van der Waals surface area contributed by atoms with Gasteiger partial charge in [0.15, 0.2) is 0 Å². The molecule has 1 amide bonds. The van der Waals surface area contributed by atoms with E-state index in [0.29, 0.717) is 65.3 Å². The van der Waals surface area contributed by atoms with Crippen molar-refractivity contribution in [1.82, 2.24) is 24.9 Å². The SMILES string of the molecule is CCOc1cc(-c2cnc(N3CC[C@H](NC(=O)c4cc(F)ccc4C(F)(F)F)[C@@H](O)C3)cn2)c2c(C#N)cnn2c1. The summed E-state index contributed by atoms with van der Waals surface area (Å²) in [5.74, 6) is -1.16. The first kappa shape index (κ1) is 27.8. The molecule has 1 fully saturated rings. The van der Waals surface area contributed by atoms with E-state index in [0.717, 1.165) is 0 Å². The third-order valence-electron chi connectivity index (χ3n) is 6.69. The molecular formula is C27H23F4N7O3. The molecule has 1 aliphatic rings. The Morgan fingerprint density at radius 1 is 1.24 bits per heavy atom. The molecule has 3 aromatic heterocycles. The van der Waals surface area contributed by atoms with Gasteiger partial charge in [0.25, 0.3) is 5.91 Å². The van der Waals surface area contributed by atoms with Crippen molar-refractivity contribution < 1.29 is 32.2 Å². The first-order valence-electron chi connectivity index (χ1n) is 12.6. The van der Waals surface area contributed by atoms with E-state index in [2.05, 4.69) is 26.5 Å². The second-order valence-corrected chi connectivity index (χ2v) is 9.32. The first-order valence-corrected chi connectivity index (χ1v) is 12.6. The molecule has 0 unspecified atom stereocenters. The Hall–Kier alpha value is -4.77. The average molecular weight is 570 g/mol. The Morgan fingerprint density at radius 2 is 2.05 bits per heavy atom. The molecular weight excluding hydrogens is 546 g/mol. The maximum atomic E-state index is 13.6. The molecule has 2 atom stereocenters. The number of carbonyl (C=O) groups is 1. The maximum absolute atomic E-state index is 13.6. The summed E-state index contributed by atoms with van der Waals surface area (Å²) >= 11 is 0. The van der Waals surface area contributed by atoms with Crippen LogP contribution in [0.3, 0.4) is 0 Å². The van der Waals surface area contributed by atoms with E-state index in [-0.39, 0.29) is 13.0 Å². The lowest BCUT2D eigenvalue weighted by Crippen LogP contribution is -2.54. The number of nitrogens with one attached hydrogen (secondary N) is 1. The molecule has 14 heteroatoms. The number of aliphatic hydroxyl groups excluding tert-OH is 1. The number of nitriles is 1. The molecule has 10 nitrogen and oxygen atoms in total. The Morgan fingerprint density at radius 3 is 2.71 bits per heavy atom. The van der Waals surface area contributed by atoms with Crippen LogP contribution in [0.15, 0.2) is 49.1 Å². The van der Waals surface area contributed by atoms with Gasteiger partial charge in [-0.2, -0.15) is 23.5 Å². The number of rotatable bonds is 6. The third-order valence-corrected chi connectivity index (χ3v) is 6.69. The number of carbonyl (C=O) groups excluding carboxylic acids is 1. The summed E-state index contributed by atoms with van der Waals surface area (Å²) in [7, 11) is 0. The minimum absolute atomic E-state index is 0.0134. The minimum Gasteiger partial charge on any atom is -0.492 e. The van der Waals surface area contributed by atoms with Crippen LogP contribution in [-0.4, -0.2) is 62.4 Å². The zero-order valence-corrected chi connectivity index (χ0v) is 21.6. The van der Waals surface area contributed by atoms with E-state index in [4.69, 9.17) is 4.74 Å². The second kappa shape index (κ2) is 11.0. The molecule has 0 radical (unpaired) electrons. The molecule has 2 N–H and O–H groups in total. The van der Waals surface area contributed by atoms with Crippen molar-refractivity contribution in [2.75, 3.05) is 24.6 Å². The number of aliphatic hydroxyl groups is 1. The molecule has 0 saturated carbocycles. The van der Waals surface area contributed by atoms with Crippen LogP contribution >= 0.6 is 0 Å². The van der Waals surface area contributed by atoms with Gasteiger partial charge in [-0.05, 0) is 37.6 Å². The second-order valence-electron chi connectivity index (χ2n) is 9.32. The number of aromatic nitrogens is 4. The number of amides is 1. The van der Waals surface area contributed by atoms with Crippen molar-refractivity contribution in [2.24, 2.45) is 0 Å². The molecule has 0 aliphatic carbocycles. The number of hydrogen-bond donors (Lipinski definition) is 2. The van der Waals surface area contributed by atoms with E-state index in [1.165, 1.54) is 23.1 Å². The van der Waals surface area contributed by atoms with Crippen LogP contribution in [0.1, 0.15) is 34.8 Å². The molecule has 0 spiro atoms. The smallest absolute Gasteiger partial charge is 0.417 e. The molecule has 1 aromatic carbocycles.